The first-order valence-corrected chi connectivity index (χ1v) is 10.3. The number of carbonyl (C=O) groups is 3. The Kier molecular flexibility index (Phi) is 8.23. The fourth-order valence-electron chi connectivity index (χ4n) is 3.42. The molecule has 0 atom stereocenters. The summed E-state index contributed by atoms with van der Waals surface area (Å²) in [6.07, 6.45) is 0. The molecule has 0 bridgehead atoms. The number of carbonyl (C=O) groups excluding carboxylic acids is 3. The van der Waals surface area contributed by atoms with Gasteiger partial charge in [0.1, 0.15) is 5.75 Å². The first-order chi connectivity index (χ1) is 16.3. The van der Waals surface area contributed by atoms with Crippen LogP contribution in [0.5, 0.6) is 17.2 Å². The predicted octanol–water partition coefficient (Wildman–Crippen LogP) is 2.45. The quantitative estimate of drug-likeness (QED) is 0.538. The Labute approximate surface area is 194 Å². The van der Waals surface area contributed by atoms with Gasteiger partial charge >= 0.3 is 12.6 Å². The van der Waals surface area contributed by atoms with Crippen molar-refractivity contribution in [1.29, 1.82) is 0 Å². The average molecular weight is 478 g/mol. The van der Waals surface area contributed by atoms with Gasteiger partial charge in [-0.15, -0.1) is 0 Å². The van der Waals surface area contributed by atoms with E-state index in [0.717, 1.165) is 0 Å². The minimum absolute atomic E-state index is 0.0369. The van der Waals surface area contributed by atoms with Crippen LogP contribution in [-0.4, -0.2) is 81.2 Å². The zero-order chi connectivity index (χ0) is 24.7. The molecule has 0 aliphatic carbocycles. The van der Waals surface area contributed by atoms with Crippen LogP contribution in [0.1, 0.15) is 20.7 Å². The van der Waals surface area contributed by atoms with Gasteiger partial charge in [0.05, 0.1) is 19.8 Å². The first-order valence-electron chi connectivity index (χ1n) is 10.3. The predicted molar refractivity (Wildman–Crippen MR) is 115 cm³/mol. The number of hydrogen-bond donors (Lipinski definition) is 0. The molecule has 9 nitrogen and oxygen atoms in total. The summed E-state index contributed by atoms with van der Waals surface area (Å²) in [6, 6.07) is 10.4. The first kappa shape index (κ1) is 24.7. The molecule has 1 heterocycles. The van der Waals surface area contributed by atoms with Crippen LogP contribution in [0.25, 0.3) is 0 Å². The second kappa shape index (κ2) is 11.3. The smallest absolute Gasteiger partial charge is 0.387 e. The van der Waals surface area contributed by atoms with E-state index in [1.165, 1.54) is 49.5 Å². The number of para-hydroxylation sites is 1. The van der Waals surface area contributed by atoms with Crippen LogP contribution in [0.2, 0.25) is 0 Å². The highest BCUT2D eigenvalue weighted by Gasteiger charge is 2.28. The van der Waals surface area contributed by atoms with E-state index in [0.29, 0.717) is 5.56 Å². The van der Waals surface area contributed by atoms with Gasteiger partial charge < -0.3 is 28.7 Å². The Bertz CT molecular complexity index is 1040. The fraction of sp³-hybridized carbons (Fsp3) is 0.348. The van der Waals surface area contributed by atoms with Gasteiger partial charge in [-0.1, -0.05) is 12.1 Å². The summed E-state index contributed by atoms with van der Waals surface area (Å²) in [5, 5.41) is 0. The summed E-state index contributed by atoms with van der Waals surface area (Å²) in [7, 11) is 2.66. The van der Waals surface area contributed by atoms with E-state index in [4.69, 9.17) is 9.47 Å². The monoisotopic (exact) mass is 478 g/mol. The number of rotatable bonds is 8. The molecule has 0 aromatic heterocycles. The number of benzene rings is 2. The molecule has 0 radical (unpaired) electrons. The number of alkyl halides is 2. The largest absolute Gasteiger partial charge is 0.493 e. The number of hydrogen-bond acceptors (Lipinski definition) is 7. The lowest BCUT2D eigenvalue weighted by Gasteiger charge is -2.35. The highest BCUT2D eigenvalue weighted by molar-refractivity contribution is 5.98. The van der Waals surface area contributed by atoms with Crippen LogP contribution in [0, 0.1) is 0 Å². The summed E-state index contributed by atoms with van der Waals surface area (Å²) in [5.74, 6) is -0.909. The molecule has 1 fully saturated rings. The van der Waals surface area contributed by atoms with Crippen molar-refractivity contribution < 1.29 is 42.1 Å². The number of amides is 2. The van der Waals surface area contributed by atoms with E-state index >= 15 is 0 Å². The van der Waals surface area contributed by atoms with E-state index in [2.05, 4.69) is 9.47 Å². The number of halogens is 2. The second-order valence-corrected chi connectivity index (χ2v) is 7.19. The summed E-state index contributed by atoms with van der Waals surface area (Å²) >= 11 is 0. The standard InChI is InChI=1S/C23H24F2N2O7/c1-31-19-13-15(7-8-18(19)33-14-20(28)32-2)21(29)26-9-11-27(12-10-26)22(30)16-5-3-4-6-17(16)34-23(24)25/h3-8,13,23H,9-12,14H2,1-2H3. The third kappa shape index (κ3) is 5.91. The molecule has 2 aromatic carbocycles. The van der Waals surface area contributed by atoms with E-state index in [1.54, 1.807) is 17.0 Å². The van der Waals surface area contributed by atoms with Gasteiger partial charge in [0.25, 0.3) is 11.8 Å². The van der Waals surface area contributed by atoms with Crippen molar-refractivity contribution >= 4 is 17.8 Å². The molecule has 0 saturated carbocycles. The van der Waals surface area contributed by atoms with Crippen molar-refractivity contribution in [2.24, 2.45) is 0 Å². The molecule has 3 rings (SSSR count). The molecule has 0 unspecified atom stereocenters. The van der Waals surface area contributed by atoms with Gasteiger partial charge in [0.15, 0.2) is 18.1 Å². The maximum absolute atomic E-state index is 13.0. The summed E-state index contributed by atoms with van der Waals surface area (Å²) in [6.45, 7) is -2.38. The normalized spacial score (nSPS) is 13.4. The van der Waals surface area contributed by atoms with Crippen molar-refractivity contribution in [3.8, 4) is 17.2 Å². The van der Waals surface area contributed by atoms with Crippen LogP contribution in [0.4, 0.5) is 8.78 Å². The van der Waals surface area contributed by atoms with Crippen LogP contribution in [0.15, 0.2) is 42.5 Å². The SMILES string of the molecule is COC(=O)COc1ccc(C(=O)N2CCN(C(=O)c3ccccc3OC(F)F)CC2)cc1OC. The molecule has 1 aliphatic rings. The number of piperazine rings is 1. The van der Waals surface area contributed by atoms with E-state index < -0.39 is 18.5 Å². The highest BCUT2D eigenvalue weighted by atomic mass is 19.3. The summed E-state index contributed by atoms with van der Waals surface area (Å²) in [4.78, 5) is 40.1. The molecule has 1 saturated heterocycles. The van der Waals surface area contributed by atoms with Gasteiger partial charge in [0.2, 0.25) is 0 Å². The maximum atomic E-state index is 13.0. The van der Waals surface area contributed by atoms with Gasteiger partial charge in [-0.25, -0.2) is 4.79 Å². The van der Waals surface area contributed by atoms with Crippen LogP contribution in [-0.2, 0) is 9.53 Å². The van der Waals surface area contributed by atoms with Crippen molar-refractivity contribution in [2.45, 2.75) is 6.61 Å². The van der Waals surface area contributed by atoms with E-state index in [-0.39, 0.29) is 61.5 Å². The van der Waals surface area contributed by atoms with Gasteiger partial charge in [-0.3, -0.25) is 9.59 Å². The maximum Gasteiger partial charge on any atom is 0.387 e. The van der Waals surface area contributed by atoms with Crippen molar-refractivity contribution in [2.75, 3.05) is 47.0 Å². The minimum Gasteiger partial charge on any atom is -0.493 e. The molecule has 1 aliphatic heterocycles. The topological polar surface area (TPSA) is 94.6 Å². The van der Waals surface area contributed by atoms with Crippen molar-refractivity contribution in [1.82, 2.24) is 9.80 Å². The van der Waals surface area contributed by atoms with Gasteiger partial charge in [-0.2, -0.15) is 8.78 Å². The van der Waals surface area contributed by atoms with Crippen LogP contribution < -0.4 is 14.2 Å². The van der Waals surface area contributed by atoms with Gasteiger partial charge in [-0.05, 0) is 30.3 Å². The lowest BCUT2D eigenvalue weighted by Crippen LogP contribution is -2.50. The Hall–Kier alpha value is -3.89. The minimum atomic E-state index is -3.04. The summed E-state index contributed by atoms with van der Waals surface area (Å²) < 4.78 is 44.9. The van der Waals surface area contributed by atoms with Crippen molar-refractivity contribution in [3.63, 3.8) is 0 Å². The number of nitrogens with zero attached hydrogens (tertiary/aromatic N) is 2. The zero-order valence-electron chi connectivity index (χ0n) is 18.7. The number of esters is 1. The molecule has 0 N–H and O–H groups in total. The molecule has 2 amide bonds. The lowest BCUT2D eigenvalue weighted by molar-refractivity contribution is -0.142. The van der Waals surface area contributed by atoms with Gasteiger partial charge in [0, 0.05) is 31.7 Å². The third-order valence-electron chi connectivity index (χ3n) is 5.17. The summed E-state index contributed by atoms with van der Waals surface area (Å²) in [5.41, 5.74) is 0.382. The van der Waals surface area contributed by atoms with E-state index in [9.17, 15) is 23.2 Å². The Morgan fingerprint density at radius 1 is 0.882 bits per heavy atom. The average Bonchev–Trinajstić information content (AvgIpc) is 2.86. The molecule has 2 aromatic rings. The van der Waals surface area contributed by atoms with Crippen LogP contribution in [0.3, 0.4) is 0 Å². The Balaban J connectivity index is 1.63. The Morgan fingerprint density at radius 2 is 1.53 bits per heavy atom. The number of methoxy groups -OCH3 is 2. The number of ether oxygens (including phenoxy) is 4. The molecule has 182 valence electrons. The zero-order valence-corrected chi connectivity index (χ0v) is 18.7. The second-order valence-electron chi connectivity index (χ2n) is 7.19. The Morgan fingerprint density at radius 3 is 2.15 bits per heavy atom. The molecule has 0 spiro atoms. The lowest BCUT2D eigenvalue weighted by atomic mass is 10.1. The van der Waals surface area contributed by atoms with E-state index in [1.807, 2.05) is 0 Å². The molecular weight excluding hydrogens is 454 g/mol. The third-order valence-corrected chi connectivity index (χ3v) is 5.17. The van der Waals surface area contributed by atoms with Crippen molar-refractivity contribution in [3.05, 3.63) is 53.6 Å². The molecule has 11 heteroatoms. The fourth-order valence-corrected chi connectivity index (χ4v) is 3.42. The molecule has 34 heavy (non-hydrogen) atoms. The van der Waals surface area contributed by atoms with Crippen LogP contribution >= 0.6 is 0 Å². The highest BCUT2D eigenvalue weighted by Crippen LogP contribution is 2.29. The molecular formula is C23H24F2N2O7.